The predicted molar refractivity (Wildman–Crippen MR) is 153 cm³/mol. The number of nitrogens with two attached hydrogens (primary N) is 1. The smallest absolute Gasteiger partial charge is 0.191 e. The van der Waals surface area contributed by atoms with Crippen molar-refractivity contribution in [1.29, 1.82) is 0 Å². The molecule has 2 aromatic rings. The standard InChI is InChI=1S/C32H41N3O/c1-6-8-10-15-25-22-34(5)32(7-2,31(25,3)4)36-28-21-24-20-26(35-17-11-9-12-18-35)19-23-14-13-16-27(29(23)24)30(28)33/h7-8,10,13-16,20-21H,2,6,9,11-12,17-19,22,33H2,1,3-5H3/b10-8-,25-15+. The zero-order chi connectivity index (χ0) is 25.5. The molecule has 1 unspecified atom stereocenters. The summed E-state index contributed by atoms with van der Waals surface area (Å²) in [6.45, 7) is 14.0. The molecular weight excluding hydrogens is 442 g/mol. The number of nitrogens with zero attached hydrogens (tertiary/aromatic N) is 2. The van der Waals surface area contributed by atoms with Gasteiger partial charge in [-0.05, 0) is 73.0 Å². The summed E-state index contributed by atoms with van der Waals surface area (Å²) in [5.41, 5.74) is 11.9. The molecule has 1 aliphatic carbocycles. The highest BCUT2D eigenvalue weighted by atomic mass is 16.5. The summed E-state index contributed by atoms with van der Waals surface area (Å²) >= 11 is 0. The number of piperidine rings is 1. The van der Waals surface area contributed by atoms with Crippen LogP contribution in [0.1, 0.15) is 57.6 Å². The molecule has 2 saturated heterocycles. The van der Waals surface area contributed by atoms with Crippen molar-refractivity contribution in [2.45, 2.75) is 58.6 Å². The average molecular weight is 484 g/mol. The molecule has 2 aromatic carbocycles. The molecule has 2 heterocycles. The molecule has 5 rings (SSSR count). The van der Waals surface area contributed by atoms with Gasteiger partial charge in [0, 0.05) is 42.6 Å². The van der Waals surface area contributed by atoms with Crippen LogP contribution in [-0.2, 0) is 6.42 Å². The zero-order valence-corrected chi connectivity index (χ0v) is 22.4. The lowest BCUT2D eigenvalue weighted by atomic mass is 9.77. The van der Waals surface area contributed by atoms with Gasteiger partial charge in [-0.1, -0.05) is 63.8 Å². The normalized spacial score (nSPS) is 25.1. The summed E-state index contributed by atoms with van der Waals surface area (Å²) in [4.78, 5) is 4.83. The average Bonchev–Trinajstić information content (AvgIpc) is 3.07. The Labute approximate surface area is 216 Å². The van der Waals surface area contributed by atoms with Gasteiger partial charge >= 0.3 is 0 Å². The van der Waals surface area contributed by atoms with E-state index in [0.717, 1.165) is 43.6 Å². The van der Waals surface area contributed by atoms with E-state index in [4.69, 9.17) is 10.5 Å². The molecule has 36 heavy (non-hydrogen) atoms. The predicted octanol–water partition coefficient (Wildman–Crippen LogP) is 6.93. The highest BCUT2D eigenvalue weighted by Crippen LogP contribution is 2.51. The Morgan fingerprint density at radius 2 is 1.94 bits per heavy atom. The molecule has 1 atom stereocenters. The van der Waals surface area contributed by atoms with E-state index in [9.17, 15) is 0 Å². The maximum absolute atomic E-state index is 6.98. The Morgan fingerprint density at radius 3 is 2.67 bits per heavy atom. The van der Waals surface area contributed by atoms with E-state index in [1.807, 2.05) is 6.08 Å². The van der Waals surface area contributed by atoms with Crippen molar-refractivity contribution >= 4 is 22.5 Å². The lowest BCUT2D eigenvalue weighted by molar-refractivity contribution is -0.0599. The molecule has 3 aliphatic rings. The first kappa shape index (κ1) is 24.7. The third-order valence-corrected chi connectivity index (χ3v) is 8.62. The van der Waals surface area contributed by atoms with Crippen molar-refractivity contribution in [1.82, 2.24) is 9.80 Å². The zero-order valence-electron chi connectivity index (χ0n) is 22.4. The van der Waals surface area contributed by atoms with Gasteiger partial charge in [0.05, 0.1) is 5.69 Å². The summed E-state index contributed by atoms with van der Waals surface area (Å²) in [5.74, 6) is 0.732. The van der Waals surface area contributed by atoms with E-state index in [-0.39, 0.29) is 5.41 Å². The molecule has 2 fully saturated rings. The fourth-order valence-corrected chi connectivity index (χ4v) is 6.43. The van der Waals surface area contributed by atoms with E-state index in [1.165, 1.54) is 47.0 Å². The van der Waals surface area contributed by atoms with Gasteiger partial charge in [-0.25, -0.2) is 0 Å². The molecule has 0 bridgehead atoms. The first-order valence-electron chi connectivity index (χ1n) is 13.5. The van der Waals surface area contributed by atoms with Crippen LogP contribution in [0.4, 0.5) is 5.69 Å². The van der Waals surface area contributed by atoms with Gasteiger partial charge < -0.3 is 15.4 Å². The summed E-state index contributed by atoms with van der Waals surface area (Å²) in [6, 6.07) is 8.69. The molecule has 0 saturated carbocycles. The molecule has 4 nitrogen and oxygen atoms in total. The van der Waals surface area contributed by atoms with Gasteiger partial charge in [0.2, 0.25) is 0 Å². The van der Waals surface area contributed by atoms with Crippen molar-refractivity contribution < 1.29 is 4.74 Å². The Kier molecular flexibility index (Phi) is 6.50. The van der Waals surface area contributed by atoms with Crippen LogP contribution < -0.4 is 10.5 Å². The number of benzene rings is 2. The van der Waals surface area contributed by atoms with Gasteiger partial charge in [-0.3, -0.25) is 4.90 Å². The second kappa shape index (κ2) is 9.48. The number of rotatable bonds is 6. The van der Waals surface area contributed by atoms with Crippen LogP contribution in [0.2, 0.25) is 0 Å². The fourth-order valence-electron chi connectivity index (χ4n) is 6.43. The quantitative estimate of drug-likeness (QED) is 0.357. The van der Waals surface area contributed by atoms with E-state index in [2.05, 4.69) is 92.8 Å². The SMILES string of the molecule is C=CC1(Oc2cc3c4c(cccc4c2N)CC(N2CCCCC2)=C3)N(C)C/C(=C\C=C/CC)C1(C)C. The number of allylic oxidation sites excluding steroid dienone is 4. The van der Waals surface area contributed by atoms with Gasteiger partial charge in [-0.2, -0.15) is 0 Å². The number of nitrogen functional groups attached to an aromatic ring is 1. The molecule has 190 valence electrons. The van der Waals surface area contributed by atoms with Crippen LogP contribution in [0.5, 0.6) is 5.75 Å². The summed E-state index contributed by atoms with van der Waals surface area (Å²) in [6.07, 6.45) is 16.8. The number of likely N-dealkylation sites (N-methyl/N-ethyl adjacent to an activating group) is 1. The van der Waals surface area contributed by atoms with Crippen molar-refractivity contribution in [3.05, 3.63) is 77.5 Å². The minimum Gasteiger partial charge on any atom is -0.466 e. The van der Waals surface area contributed by atoms with Crippen molar-refractivity contribution in [3.63, 3.8) is 0 Å². The van der Waals surface area contributed by atoms with Gasteiger partial charge in [-0.15, -0.1) is 0 Å². The molecule has 0 radical (unpaired) electrons. The molecule has 0 aromatic heterocycles. The number of ether oxygens (including phenoxy) is 1. The van der Waals surface area contributed by atoms with Crippen LogP contribution >= 0.6 is 0 Å². The summed E-state index contributed by atoms with van der Waals surface area (Å²) in [7, 11) is 2.11. The van der Waals surface area contributed by atoms with Crippen molar-refractivity contribution in [2.24, 2.45) is 5.41 Å². The Balaban J connectivity index is 1.59. The Bertz CT molecular complexity index is 1260. The maximum Gasteiger partial charge on any atom is 0.191 e. The fraction of sp³-hybridized carbons (Fsp3) is 0.438. The number of likely N-dealkylation sites (tertiary alicyclic amines) is 2. The second-order valence-electron chi connectivity index (χ2n) is 11.1. The van der Waals surface area contributed by atoms with Crippen molar-refractivity contribution in [2.75, 3.05) is 32.4 Å². The lowest BCUT2D eigenvalue weighted by Gasteiger charge is -2.43. The van der Waals surface area contributed by atoms with Crippen LogP contribution in [0.25, 0.3) is 16.8 Å². The molecular formula is C32H41N3O. The highest BCUT2D eigenvalue weighted by molar-refractivity contribution is 6.04. The first-order chi connectivity index (χ1) is 17.3. The van der Waals surface area contributed by atoms with E-state index in [1.54, 1.807) is 0 Å². The minimum absolute atomic E-state index is 0.281. The molecule has 0 spiro atoms. The highest BCUT2D eigenvalue weighted by Gasteiger charge is 2.56. The summed E-state index contributed by atoms with van der Waals surface area (Å²) < 4.78 is 6.98. The first-order valence-corrected chi connectivity index (χ1v) is 13.5. The van der Waals surface area contributed by atoms with Gasteiger partial charge in [0.1, 0.15) is 5.75 Å². The van der Waals surface area contributed by atoms with Crippen LogP contribution in [0.15, 0.2) is 66.4 Å². The van der Waals surface area contributed by atoms with Crippen molar-refractivity contribution in [3.8, 4) is 5.75 Å². The summed E-state index contributed by atoms with van der Waals surface area (Å²) in [5, 5.41) is 2.34. The Hall–Kier alpha value is -2.98. The second-order valence-corrected chi connectivity index (χ2v) is 11.1. The van der Waals surface area contributed by atoms with Gasteiger partial charge in [0.15, 0.2) is 5.72 Å². The van der Waals surface area contributed by atoms with E-state index < -0.39 is 5.72 Å². The number of hydrogen-bond acceptors (Lipinski definition) is 4. The molecule has 0 amide bonds. The number of hydrogen-bond donors (Lipinski definition) is 1. The molecule has 4 heteroatoms. The van der Waals surface area contributed by atoms with Crippen LogP contribution in [0.3, 0.4) is 0 Å². The third-order valence-electron chi connectivity index (χ3n) is 8.62. The molecule has 2 N–H and O–H groups in total. The monoisotopic (exact) mass is 483 g/mol. The number of anilines is 1. The van der Waals surface area contributed by atoms with Crippen LogP contribution in [0, 0.1) is 5.41 Å². The molecule has 2 aliphatic heterocycles. The van der Waals surface area contributed by atoms with E-state index in [0.29, 0.717) is 5.69 Å². The largest absolute Gasteiger partial charge is 0.466 e. The Morgan fingerprint density at radius 1 is 1.17 bits per heavy atom. The maximum atomic E-state index is 6.98. The lowest BCUT2D eigenvalue weighted by Crippen LogP contribution is -2.53. The minimum atomic E-state index is -0.709. The van der Waals surface area contributed by atoms with E-state index >= 15 is 0 Å². The third kappa shape index (κ3) is 3.87. The van der Waals surface area contributed by atoms with Gasteiger partial charge in [0.25, 0.3) is 0 Å². The topological polar surface area (TPSA) is 41.7 Å². The van der Waals surface area contributed by atoms with Crippen LogP contribution in [-0.4, -0.2) is 42.2 Å².